The van der Waals surface area contributed by atoms with E-state index in [0.717, 1.165) is 71.9 Å². The van der Waals surface area contributed by atoms with Crippen LogP contribution in [0.5, 0.6) is 0 Å². The molecule has 6 N–H and O–H groups in total. The fourth-order valence-corrected chi connectivity index (χ4v) is 17.3. The van der Waals surface area contributed by atoms with Gasteiger partial charge in [-0.1, -0.05) is 143 Å². The van der Waals surface area contributed by atoms with Gasteiger partial charge in [-0.15, -0.1) is 0 Å². The Morgan fingerprint density at radius 2 is 1.15 bits per heavy atom. The Hall–Kier alpha value is -8.74. The van der Waals surface area contributed by atoms with Crippen molar-refractivity contribution in [3.63, 3.8) is 0 Å². The lowest BCUT2D eigenvalue weighted by molar-refractivity contribution is -0.146. The van der Waals surface area contributed by atoms with Gasteiger partial charge in [0.15, 0.2) is 0 Å². The van der Waals surface area contributed by atoms with Gasteiger partial charge in [0.1, 0.15) is 30.5 Å². The molecule has 17 nitrogen and oxygen atoms in total. The summed E-state index contributed by atoms with van der Waals surface area (Å²) in [6, 6.07) is 42.0. The minimum Gasteiger partial charge on any atom is -0.449 e. The largest absolute Gasteiger partial charge is 0.449 e. The average molecular weight is 1260 g/mol. The summed E-state index contributed by atoms with van der Waals surface area (Å²) in [6.07, 6.45) is 5.13. The smallest absolute Gasteiger partial charge is 0.407 e. The lowest BCUT2D eigenvalue weighted by atomic mass is 9.76. The maximum atomic E-state index is 15.1. The zero-order valence-electron chi connectivity index (χ0n) is 53.8. The Morgan fingerprint density at radius 1 is 0.620 bits per heavy atom. The van der Waals surface area contributed by atoms with Crippen molar-refractivity contribution in [2.45, 2.75) is 153 Å². The first-order valence-electron chi connectivity index (χ1n) is 32.6. The number of rotatable bonds is 19. The van der Waals surface area contributed by atoms with E-state index in [1.807, 2.05) is 87.5 Å². The van der Waals surface area contributed by atoms with E-state index in [1.165, 1.54) is 11.1 Å². The number of aryl methyl sites for hydroxylation is 2. The van der Waals surface area contributed by atoms with E-state index in [0.29, 0.717) is 34.6 Å². The molecule has 92 heavy (non-hydrogen) atoms. The molecule has 480 valence electrons. The molecule has 2 heterocycles. The molecule has 18 heteroatoms. The van der Waals surface area contributed by atoms with E-state index < -0.39 is 67.5 Å². The van der Waals surface area contributed by atoms with Crippen LogP contribution in [0.15, 0.2) is 146 Å². The van der Waals surface area contributed by atoms with Crippen LogP contribution in [0.2, 0.25) is 19.1 Å². The van der Waals surface area contributed by atoms with Crippen LogP contribution >= 0.6 is 0 Å². The monoisotopic (exact) mass is 1260 g/mol. The van der Waals surface area contributed by atoms with Gasteiger partial charge in [0.25, 0.3) is 11.8 Å². The molecule has 6 aromatic carbocycles. The first-order chi connectivity index (χ1) is 44.1. The molecule has 0 saturated carbocycles. The third-order valence-electron chi connectivity index (χ3n) is 19.6. The zero-order valence-corrected chi connectivity index (χ0v) is 54.8. The summed E-state index contributed by atoms with van der Waals surface area (Å²) in [5.41, 5.74) is 9.91. The third-order valence-corrected chi connectivity index (χ3v) is 22.2. The number of anilines is 1. The average Bonchev–Trinajstić information content (AvgIpc) is 1.62. The molecule has 2 aliphatic heterocycles. The van der Waals surface area contributed by atoms with E-state index in [1.54, 1.807) is 72.3 Å². The predicted molar refractivity (Wildman–Crippen MR) is 357 cm³/mol. The second-order valence-electron chi connectivity index (χ2n) is 27.6. The molecule has 2 saturated heterocycles. The van der Waals surface area contributed by atoms with Crippen molar-refractivity contribution in [1.29, 1.82) is 0 Å². The zero-order chi connectivity index (χ0) is 65.0. The van der Waals surface area contributed by atoms with Gasteiger partial charge in [0.05, 0.1) is 26.2 Å². The highest BCUT2D eigenvalue weighted by molar-refractivity contribution is 6.79. The van der Waals surface area contributed by atoms with Crippen molar-refractivity contribution in [1.82, 2.24) is 36.4 Å². The van der Waals surface area contributed by atoms with Gasteiger partial charge in [0, 0.05) is 60.2 Å². The van der Waals surface area contributed by atoms with E-state index in [4.69, 9.17) is 4.74 Å². The van der Waals surface area contributed by atoms with Crippen LogP contribution in [-0.2, 0) is 48.0 Å². The molecule has 8 atom stereocenters. The Bertz CT molecular complexity index is 3730. The van der Waals surface area contributed by atoms with Gasteiger partial charge >= 0.3 is 6.09 Å². The van der Waals surface area contributed by atoms with Crippen LogP contribution in [-0.4, -0.2) is 122 Å². The number of likely N-dealkylation sites (tertiary alicyclic amines) is 1. The van der Waals surface area contributed by atoms with Crippen molar-refractivity contribution in [2.24, 2.45) is 11.3 Å². The van der Waals surface area contributed by atoms with E-state index in [2.05, 4.69) is 75.3 Å². The van der Waals surface area contributed by atoms with Gasteiger partial charge in [-0.2, -0.15) is 0 Å². The number of carbonyl (C=O) groups excluding carboxylic acids is 8. The molecule has 3 unspecified atom stereocenters. The molecular weight excluding hydrogens is 1170 g/mol. The number of hydrogen-bond acceptors (Lipinski definition) is 10. The number of carbonyl (C=O) groups is 8. The first kappa shape index (κ1) is 64.8. The fourth-order valence-electron chi connectivity index (χ4n) is 14.4. The number of likely N-dealkylation sites (N-methyl/N-ethyl adjacent to an activating group) is 1. The summed E-state index contributed by atoms with van der Waals surface area (Å²) >= 11 is 0. The highest BCUT2D eigenvalue weighted by Gasteiger charge is 2.49. The summed E-state index contributed by atoms with van der Waals surface area (Å²) in [7, 11) is -0.414. The Kier molecular flexibility index (Phi) is 19.4. The summed E-state index contributed by atoms with van der Waals surface area (Å²) < 4.78 is 6.01. The Morgan fingerprint density at radius 3 is 1.73 bits per heavy atom. The van der Waals surface area contributed by atoms with Crippen molar-refractivity contribution in [3.05, 3.63) is 196 Å². The number of hydrogen-bond donors (Lipinski definition) is 6. The standard InChI is InChI=1S/C74H86N8O9Si/c1-45(75-5)66(83)40-60(74(2,3)4)71(88)81-41-52(39-64(81)69(86)78-61-28-16-20-47-18-8-10-22-53(47)61)77-68(85)50-34-36-51(37-35-50)76-67(84)49-32-30-46(31-33-49)38-63(80-73(90)91-42-59-57-26-14-12-24-55(57)56-25-13-15-27-58(56)59)72(89)82-44-92(6,7)43-65(82)70(87)79-62-29-17-21-48-19-9-11-23-54(48)62/h8-15,18-19,22-27,30-37,45,52,59-65,75H,16-17,20-21,28-29,38-44H2,1-7H3,(H,76,84)(H,77,85)(H,78,86)(H,79,87)(H,80,90)/t45-,52-,60+,61?,62?,63?,64-,65-/m0/s1. The number of fused-ring (bicyclic) bond motifs is 5. The Balaban J connectivity index is 0.758. The van der Waals surface area contributed by atoms with E-state index >= 15 is 4.79 Å². The first-order valence-corrected chi connectivity index (χ1v) is 36.0. The molecule has 0 aromatic heterocycles. The van der Waals surface area contributed by atoms with Crippen LogP contribution in [0.1, 0.15) is 144 Å². The van der Waals surface area contributed by atoms with Crippen molar-refractivity contribution < 1.29 is 43.1 Å². The van der Waals surface area contributed by atoms with Crippen LogP contribution in [0.4, 0.5) is 10.5 Å². The summed E-state index contributed by atoms with van der Waals surface area (Å²) in [4.78, 5) is 117. The van der Waals surface area contributed by atoms with E-state index in [-0.39, 0.29) is 79.8 Å². The van der Waals surface area contributed by atoms with Crippen molar-refractivity contribution in [2.75, 3.05) is 31.7 Å². The molecule has 3 aliphatic carbocycles. The Labute approximate surface area is 540 Å². The van der Waals surface area contributed by atoms with E-state index in [9.17, 15) is 33.6 Å². The molecule has 5 aliphatic rings. The molecular formula is C74H86N8O9Si. The minimum atomic E-state index is -2.12. The summed E-state index contributed by atoms with van der Waals surface area (Å²) in [5.74, 6) is -3.10. The lowest BCUT2D eigenvalue weighted by Crippen LogP contribution is -2.55. The number of ether oxygens (including phenoxy) is 1. The highest BCUT2D eigenvalue weighted by atomic mass is 28.3. The molecule has 0 bridgehead atoms. The fraction of sp³-hybridized carbons (Fsp3) is 0.405. The number of benzene rings is 6. The summed E-state index contributed by atoms with van der Waals surface area (Å²) in [5, 5.41) is 18.5. The normalized spacial score (nSPS) is 20.6. The molecule has 6 aromatic rings. The topological polar surface area (TPSA) is 224 Å². The SMILES string of the molecule is CN[C@@H](C)C(=O)C[C@H](C(=O)N1C[C@@H](NC(=O)c2ccc(NC(=O)c3ccc(CC(NC(=O)OCC4c5ccccc5-c5ccccc54)C(=O)N4C[Si](C)(C)C[C@H]4C(=O)NC4CCCc5ccccc54)cc3)cc2)C[C@H]1C(=O)NC1CCCc2ccccc21)C(C)(C)C. The molecule has 0 radical (unpaired) electrons. The molecule has 11 rings (SSSR count). The van der Waals surface area contributed by atoms with Crippen LogP contribution in [0.3, 0.4) is 0 Å². The molecule has 7 amide bonds. The molecule has 0 spiro atoms. The quantitative estimate of drug-likeness (QED) is 0.0421. The van der Waals surface area contributed by atoms with Gasteiger partial charge in [-0.3, -0.25) is 33.6 Å². The van der Waals surface area contributed by atoms with Gasteiger partial charge in [0.2, 0.25) is 23.6 Å². The second-order valence-corrected chi connectivity index (χ2v) is 32.7. The minimum absolute atomic E-state index is 0.01000. The third kappa shape index (κ3) is 14.5. The number of nitrogens with one attached hydrogen (secondary N) is 6. The van der Waals surface area contributed by atoms with Gasteiger partial charge in [-0.05, 0) is 157 Å². The highest BCUT2D eigenvalue weighted by Crippen LogP contribution is 2.45. The van der Waals surface area contributed by atoms with Crippen LogP contribution in [0, 0.1) is 11.3 Å². The summed E-state index contributed by atoms with van der Waals surface area (Å²) in [6.45, 7) is 12.0. The van der Waals surface area contributed by atoms with Crippen molar-refractivity contribution in [3.8, 4) is 11.1 Å². The molecule has 2 fully saturated rings. The van der Waals surface area contributed by atoms with Crippen LogP contribution in [0.25, 0.3) is 11.1 Å². The maximum absolute atomic E-state index is 15.1. The lowest BCUT2D eigenvalue weighted by Gasteiger charge is -2.36. The van der Waals surface area contributed by atoms with Gasteiger partial charge < -0.3 is 46.4 Å². The number of alkyl carbamates (subject to hydrolysis) is 1. The number of nitrogens with zero attached hydrogens (tertiary/aromatic N) is 2. The number of ketones is 1. The van der Waals surface area contributed by atoms with Crippen molar-refractivity contribution >= 4 is 61.1 Å². The number of Topliss-reactive ketones (excluding diaryl/α,β-unsaturated/α-hetero) is 1. The van der Waals surface area contributed by atoms with Gasteiger partial charge in [-0.25, -0.2) is 4.79 Å². The predicted octanol–water partition coefficient (Wildman–Crippen LogP) is 10.2. The number of amides is 7. The van der Waals surface area contributed by atoms with Crippen LogP contribution < -0.4 is 31.9 Å². The maximum Gasteiger partial charge on any atom is 0.407 e. The second kappa shape index (κ2) is 27.6.